The molecular weight excluding hydrogens is 176 g/mol. The minimum atomic E-state index is 0.266. The number of carbonyl (C=O) groups excluding carboxylic acids is 1. The molecule has 3 heteroatoms. The van der Waals surface area contributed by atoms with Gasteiger partial charge in [0.25, 0.3) is 0 Å². The van der Waals surface area contributed by atoms with E-state index in [1.54, 1.807) is 0 Å². The maximum absolute atomic E-state index is 12.1. The van der Waals surface area contributed by atoms with Crippen molar-refractivity contribution >= 4 is 5.91 Å². The molecule has 80 valence electrons. The molecule has 2 rings (SSSR count). The Balaban J connectivity index is 1.97. The van der Waals surface area contributed by atoms with Crippen molar-refractivity contribution in [3.8, 4) is 0 Å². The highest BCUT2D eigenvalue weighted by Crippen LogP contribution is 2.52. The number of piperazine rings is 1. The molecule has 2 atom stereocenters. The molecular formula is C11H20N2O. The smallest absolute Gasteiger partial charge is 0.226 e. The molecule has 0 aromatic carbocycles. The Morgan fingerprint density at radius 2 is 2.14 bits per heavy atom. The van der Waals surface area contributed by atoms with Crippen molar-refractivity contribution in [2.75, 3.05) is 19.6 Å². The van der Waals surface area contributed by atoms with Crippen molar-refractivity contribution < 1.29 is 4.79 Å². The van der Waals surface area contributed by atoms with Crippen LogP contribution >= 0.6 is 0 Å². The fourth-order valence-corrected chi connectivity index (χ4v) is 2.26. The fourth-order valence-electron chi connectivity index (χ4n) is 2.26. The van der Waals surface area contributed by atoms with E-state index in [4.69, 9.17) is 0 Å². The van der Waals surface area contributed by atoms with Crippen LogP contribution in [0.15, 0.2) is 0 Å². The molecule has 0 spiro atoms. The highest BCUT2D eigenvalue weighted by atomic mass is 16.2. The average molecular weight is 196 g/mol. The lowest BCUT2D eigenvalue weighted by atomic mass is 10.1. The second kappa shape index (κ2) is 3.23. The highest BCUT2D eigenvalue weighted by Gasteiger charge is 2.52. The summed E-state index contributed by atoms with van der Waals surface area (Å²) in [4.78, 5) is 14.1. The molecule has 1 heterocycles. The van der Waals surface area contributed by atoms with Crippen molar-refractivity contribution in [2.45, 2.75) is 33.2 Å². The second-order valence-electron chi connectivity index (χ2n) is 5.33. The minimum Gasteiger partial charge on any atom is -0.337 e. The lowest BCUT2D eigenvalue weighted by Crippen LogP contribution is -2.53. The van der Waals surface area contributed by atoms with Gasteiger partial charge >= 0.3 is 0 Å². The van der Waals surface area contributed by atoms with Gasteiger partial charge in [0.15, 0.2) is 0 Å². The van der Waals surface area contributed by atoms with Crippen LogP contribution in [0.1, 0.15) is 27.2 Å². The third kappa shape index (κ3) is 1.65. The molecule has 1 unspecified atom stereocenters. The first-order chi connectivity index (χ1) is 6.52. The van der Waals surface area contributed by atoms with E-state index in [1.807, 2.05) is 0 Å². The second-order valence-corrected chi connectivity index (χ2v) is 5.33. The van der Waals surface area contributed by atoms with Gasteiger partial charge < -0.3 is 10.2 Å². The van der Waals surface area contributed by atoms with Crippen LogP contribution < -0.4 is 5.32 Å². The number of carbonyl (C=O) groups is 1. The summed E-state index contributed by atoms with van der Waals surface area (Å²) in [6.45, 7) is 9.26. The Hall–Kier alpha value is -0.570. The highest BCUT2D eigenvalue weighted by molar-refractivity contribution is 5.82. The van der Waals surface area contributed by atoms with Gasteiger partial charge in [-0.1, -0.05) is 13.8 Å². The molecule has 0 bridgehead atoms. The maximum Gasteiger partial charge on any atom is 0.226 e. The van der Waals surface area contributed by atoms with Gasteiger partial charge in [-0.3, -0.25) is 4.79 Å². The van der Waals surface area contributed by atoms with Crippen LogP contribution in [0.2, 0.25) is 0 Å². The Kier molecular flexibility index (Phi) is 2.30. The molecule has 3 nitrogen and oxygen atoms in total. The van der Waals surface area contributed by atoms with Gasteiger partial charge in [-0.15, -0.1) is 0 Å². The van der Waals surface area contributed by atoms with E-state index in [0.29, 0.717) is 17.9 Å². The predicted molar refractivity (Wildman–Crippen MR) is 55.9 cm³/mol. The molecule has 1 N–H and O–H groups in total. The number of nitrogens with one attached hydrogen (secondary N) is 1. The first-order valence-corrected chi connectivity index (χ1v) is 5.53. The van der Waals surface area contributed by atoms with Crippen LogP contribution in [0.3, 0.4) is 0 Å². The molecule has 1 amide bonds. The molecule has 1 saturated heterocycles. The number of amides is 1. The summed E-state index contributed by atoms with van der Waals surface area (Å²) in [5.74, 6) is 0.673. The summed E-state index contributed by atoms with van der Waals surface area (Å²) >= 11 is 0. The Labute approximate surface area is 85.8 Å². The van der Waals surface area contributed by atoms with Gasteiger partial charge in [-0.25, -0.2) is 0 Å². The molecule has 1 aliphatic carbocycles. The minimum absolute atomic E-state index is 0.266. The van der Waals surface area contributed by atoms with Crippen molar-refractivity contribution in [1.82, 2.24) is 10.2 Å². The van der Waals surface area contributed by atoms with Gasteiger partial charge in [0.1, 0.15) is 0 Å². The van der Waals surface area contributed by atoms with Crippen LogP contribution in [0.25, 0.3) is 0 Å². The molecule has 0 aromatic rings. The maximum atomic E-state index is 12.1. The summed E-state index contributed by atoms with van der Waals surface area (Å²) in [6, 6.07) is 0.368. The van der Waals surface area contributed by atoms with Gasteiger partial charge in [0, 0.05) is 31.6 Å². The summed E-state index contributed by atoms with van der Waals surface area (Å²) in [6.07, 6.45) is 1.07. The fraction of sp³-hybridized carbons (Fsp3) is 0.909. The van der Waals surface area contributed by atoms with Crippen LogP contribution in [0.4, 0.5) is 0 Å². The van der Waals surface area contributed by atoms with Gasteiger partial charge in [-0.05, 0) is 18.8 Å². The molecule has 1 saturated carbocycles. The van der Waals surface area contributed by atoms with E-state index in [-0.39, 0.29) is 5.41 Å². The standard InChI is InChI=1S/C11H20N2O/c1-8-7-12-4-5-13(8)10(14)9-6-11(9,2)3/h8-9,12H,4-7H2,1-3H3/t8-,9?/m1/s1. The normalized spacial score (nSPS) is 35.5. The van der Waals surface area contributed by atoms with Crippen molar-refractivity contribution in [3.05, 3.63) is 0 Å². The summed E-state index contributed by atoms with van der Waals surface area (Å²) < 4.78 is 0. The first kappa shape index (κ1) is 9.97. The lowest BCUT2D eigenvalue weighted by Gasteiger charge is -2.34. The number of hydrogen-bond donors (Lipinski definition) is 1. The van der Waals surface area contributed by atoms with E-state index in [0.717, 1.165) is 26.1 Å². The largest absolute Gasteiger partial charge is 0.337 e. The molecule has 2 fully saturated rings. The topological polar surface area (TPSA) is 32.3 Å². The van der Waals surface area contributed by atoms with Crippen LogP contribution in [-0.2, 0) is 4.79 Å². The van der Waals surface area contributed by atoms with Crippen LogP contribution in [-0.4, -0.2) is 36.5 Å². The van der Waals surface area contributed by atoms with E-state index in [9.17, 15) is 4.79 Å². The quantitative estimate of drug-likeness (QED) is 0.674. The molecule has 1 aliphatic heterocycles. The zero-order valence-corrected chi connectivity index (χ0v) is 9.34. The van der Waals surface area contributed by atoms with E-state index < -0.39 is 0 Å². The van der Waals surface area contributed by atoms with Crippen LogP contribution in [0.5, 0.6) is 0 Å². The summed E-state index contributed by atoms with van der Waals surface area (Å²) in [5, 5.41) is 3.31. The van der Waals surface area contributed by atoms with E-state index in [2.05, 4.69) is 31.0 Å². The average Bonchev–Trinajstić information content (AvgIpc) is 2.75. The third-order valence-corrected chi connectivity index (χ3v) is 3.60. The Morgan fingerprint density at radius 1 is 1.50 bits per heavy atom. The molecule has 14 heavy (non-hydrogen) atoms. The monoisotopic (exact) mass is 196 g/mol. The summed E-state index contributed by atoms with van der Waals surface area (Å²) in [7, 11) is 0. The zero-order chi connectivity index (χ0) is 10.3. The molecule has 0 radical (unpaired) electrons. The van der Waals surface area contributed by atoms with Crippen LogP contribution in [0, 0.1) is 11.3 Å². The third-order valence-electron chi connectivity index (χ3n) is 3.60. The molecule has 2 aliphatic rings. The summed E-state index contributed by atoms with van der Waals surface area (Å²) in [5.41, 5.74) is 0.266. The van der Waals surface area contributed by atoms with Crippen molar-refractivity contribution in [1.29, 1.82) is 0 Å². The van der Waals surface area contributed by atoms with Gasteiger partial charge in [-0.2, -0.15) is 0 Å². The van der Waals surface area contributed by atoms with E-state index in [1.165, 1.54) is 0 Å². The molecule has 0 aromatic heterocycles. The Bertz CT molecular complexity index is 250. The van der Waals surface area contributed by atoms with E-state index >= 15 is 0 Å². The number of nitrogens with zero attached hydrogens (tertiary/aromatic N) is 1. The first-order valence-electron chi connectivity index (χ1n) is 5.53. The van der Waals surface area contributed by atoms with Crippen molar-refractivity contribution in [2.24, 2.45) is 11.3 Å². The number of hydrogen-bond acceptors (Lipinski definition) is 2. The van der Waals surface area contributed by atoms with Gasteiger partial charge in [0.2, 0.25) is 5.91 Å². The van der Waals surface area contributed by atoms with Gasteiger partial charge in [0.05, 0.1) is 0 Å². The number of rotatable bonds is 1. The Morgan fingerprint density at radius 3 is 2.64 bits per heavy atom. The lowest BCUT2D eigenvalue weighted by molar-refractivity contribution is -0.136. The zero-order valence-electron chi connectivity index (χ0n) is 9.34. The predicted octanol–water partition coefficient (Wildman–Crippen LogP) is 0.853. The van der Waals surface area contributed by atoms with Crippen molar-refractivity contribution in [3.63, 3.8) is 0 Å². The SMILES string of the molecule is C[C@@H]1CNCCN1C(=O)C1CC1(C)C.